The van der Waals surface area contributed by atoms with E-state index in [1.54, 1.807) is 7.11 Å². The summed E-state index contributed by atoms with van der Waals surface area (Å²) < 4.78 is 5.94. The number of hydrogen-bond acceptors (Lipinski definition) is 7. The zero-order chi connectivity index (χ0) is 16.7. The molecule has 1 amide bonds. The molecule has 2 aromatic rings. The summed E-state index contributed by atoms with van der Waals surface area (Å²) in [6, 6.07) is 7.78. The number of nitrogens with zero attached hydrogens (tertiary/aromatic N) is 2. The number of thioether (sulfide) groups is 1. The van der Waals surface area contributed by atoms with Crippen LogP contribution in [-0.4, -0.2) is 35.0 Å². The van der Waals surface area contributed by atoms with Gasteiger partial charge in [-0.2, -0.15) is 0 Å². The van der Waals surface area contributed by atoms with Crippen molar-refractivity contribution in [1.29, 1.82) is 0 Å². The van der Waals surface area contributed by atoms with Gasteiger partial charge in [-0.1, -0.05) is 36.1 Å². The van der Waals surface area contributed by atoms with E-state index in [-0.39, 0.29) is 11.9 Å². The van der Waals surface area contributed by atoms with Crippen molar-refractivity contribution in [2.24, 2.45) is 0 Å². The first-order valence-corrected chi connectivity index (χ1v) is 9.07. The van der Waals surface area contributed by atoms with Crippen molar-refractivity contribution >= 4 is 39.8 Å². The maximum Gasteiger partial charge on any atom is 0.230 e. The number of benzene rings is 1. The molecule has 1 atom stereocenters. The van der Waals surface area contributed by atoms with Gasteiger partial charge in [0.1, 0.15) is 5.75 Å². The van der Waals surface area contributed by atoms with Crippen LogP contribution in [0, 0.1) is 0 Å². The highest BCUT2D eigenvalue weighted by Gasteiger charge is 2.10. The normalized spacial score (nSPS) is 11.8. The molecule has 0 bridgehead atoms. The fraction of sp³-hybridized carbons (Fsp3) is 0.400. The molecule has 0 radical (unpaired) electrons. The molecule has 0 fully saturated rings. The second-order valence-corrected chi connectivity index (χ2v) is 7.10. The minimum atomic E-state index is 0.0156. The van der Waals surface area contributed by atoms with E-state index in [1.165, 1.54) is 23.1 Å². The number of anilines is 2. The first-order chi connectivity index (χ1) is 11.1. The molecule has 1 aromatic carbocycles. The van der Waals surface area contributed by atoms with E-state index in [9.17, 15) is 4.79 Å². The first-order valence-electron chi connectivity index (χ1n) is 7.27. The Morgan fingerprint density at radius 2 is 2.26 bits per heavy atom. The number of ether oxygens (including phenoxy) is 1. The number of aromatic nitrogens is 2. The quantitative estimate of drug-likeness (QED) is 0.710. The Morgan fingerprint density at radius 1 is 1.43 bits per heavy atom. The van der Waals surface area contributed by atoms with Gasteiger partial charge in [0, 0.05) is 17.8 Å². The minimum Gasteiger partial charge on any atom is -0.497 e. The van der Waals surface area contributed by atoms with Crippen molar-refractivity contribution in [2.75, 3.05) is 18.2 Å². The number of methoxy groups -OCH3 is 1. The number of carbonyl (C=O) groups excluding carboxylic acids is 1. The lowest BCUT2D eigenvalue weighted by Crippen LogP contribution is -2.33. The van der Waals surface area contributed by atoms with E-state index in [0.29, 0.717) is 10.9 Å². The molecular weight excluding hydrogens is 332 g/mol. The van der Waals surface area contributed by atoms with E-state index in [4.69, 9.17) is 4.74 Å². The van der Waals surface area contributed by atoms with Crippen molar-refractivity contribution in [2.45, 2.75) is 30.6 Å². The molecule has 0 unspecified atom stereocenters. The predicted octanol–water partition coefficient (Wildman–Crippen LogP) is 3.30. The van der Waals surface area contributed by atoms with Crippen LogP contribution >= 0.6 is 23.1 Å². The van der Waals surface area contributed by atoms with Gasteiger partial charge < -0.3 is 15.4 Å². The topological polar surface area (TPSA) is 76.1 Å². The third-order valence-corrected chi connectivity index (χ3v) is 5.05. The van der Waals surface area contributed by atoms with Crippen molar-refractivity contribution < 1.29 is 9.53 Å². The molecule has 23 heavy (non-hydrogen) atoms. The van der Waals surface area contributed by atoms with Gasteiger partial charge in [-0.15, -0.1) is 10.2 Å². The lowest BCUT2D eigenvalue weighted by atomic mass is 10.3. The van der Waals surface area contributed by atoms with E-state index in [1.807, 2.05) is 38.1 Å². The fourth-order valence-electron chi connectivity index (χ4n) is 1.69. The molecule has 2 rings (SSSR count). The average Bonchev–Trinajstić information content (AvgIpc) is 3.00. The molecule has 0 saturated heterocycles. The Bertz CT molecular complexity index is 648. The fourth-order valence-corrected chi connectivity index (χ4v) is 3.27. The summed E-state index contributed by atoms with van der Waals surface area (Å²) in [6.45, 7) is 4.03. The standard InChI is InChI=1S/C15H20N4O2S2/c1-4-10(2)16-13(20)9-22-15-19-18-14(23-15)17-11-6-5-7-12(8-11)21-3/h5-8,10H,4,9H2,1-3H3,(H,16,20)(H,17,18)/t10-/m1/s1. The van der Waals surface area contributed by atoms with Gasteiger partial charge in [0.25, 0.3) is 0 Å². The number of rotatable bonds is 8. The highest BCUT2D eigenvalue weighted by molar-refractivity contribution is 8.01. The third-order valence-electron chi connectivity index (χ3n) is 3.07. The molecule has 1 aromatic heterocycles. The Balaban J connectivity index is 1.86. The molecule has 0 saturated carbocycles. The molecule has 8 heteroatoms. The van der Waals surface area contributed by atoms with Crippen LogP contribution in [0.4, 0.5) is 10.8 Å². The number of hydrogen-bond donors (Lipinski definition) is 2. The molecule has 0 aliphatic carbocycles. The zero-order valence-corrected chi connectivity index (χ0v) is 15.0. The molecule has 124 valence electrons. The second kappa shape index (κ2) is 8.73. The molecule has 0 aliphatic heterocycles. The average molecular weight is 352 g/mol. The lowest BCUT2D eigenvalue weighted by molar-refractivity contribution is -0.119. The Morgan fingerprint density at radius 3 is 3.00 bits per heavy atom. The molecule has 2 N–H and O–H groups in total. The highest BCUT2D eigenvalue weighted by atomic mass is 32.2. The smallest absolute Gasteiger partial charge is 0.230 e. The van der Waals surface area contributed by atoms with Crippen LogP contribution in [0.25, 0.3) is 0 Å². The molecule has 0 spiro atoms. The van der Waals surface area contributed by atoms with E-state index in [2.05, 4.69) is 20.8 Å². The summed E-state index contributed by atoms with van der Waals surface area (Å²) in [6.07, 6.45) is 0.920. The summed E-state index contributed by atoms with van der Waals surface area (Å²) in [5, 5.41) is 15.0. The van der Waals surface area contributed by atoms with E-state index in [0.717, 1.165) is 22.2 Å². The predicted molar refractivity (Wildman–Crippen MR) is 94.8 cm³/mol. The number of carbonyl (C=O) groups is 1. The van der Waals surface area contributed by atoms with Crippen LogP contribution in [0.1, 0.15) is 20.3 Å². The maximum absolute atomic E-state index is 11.7. The summed E-state index contributed by atoms with van der Waals surface area (Å²) in [5.74, 6) is 1.13. The van der Waals surface area contributed by atoms with Gasteiger partial charge in [-0.3, -0.25) is 4.79 Å². The SMILES string of the molecule is CC[C@@H](C)NC(=O)CSc1nnc(Nc2cccc(OC)c2)s1. The number of amides is 1. The van der Waals surface area contributed by atoms with Gasteiger partial charge in [-0.25, -0.2) is 0 Å². The van der Waals surface area contributed by atoms with Gasteiger partial charge in [0.05, 0.1) is 12.9 Å². The van der Waals surface area contributed by atoms with E-state index < -0.39 is 0 Å². The first kappa shape index (κ1) is 17.6. The zero-order valence-electron chi connectivity index (χ0n) is 13.3. The minimum absolute atomic E-state index is 0.0156. The summed E-state index contributed by atoms with van der Waals surface area (Å²) in [5.41, 5.74) is 0.881. The van der Waals surface area contributed by atoms with Crippen LogP contribution in [-0.2, 0) is 4.79 Å². The molecular formula is C15H20N4O2S2. The maximum atomic E-state index is 11.7. The molecule has 6 nitrogen and oxygen atoms in total. The van der Waals surface area contributed by atoms with Crippen molar-refractivity contribution in [1.82, 2.24) is 15.5 Å². The van der Waals surface area contributed by atoms with Crippen LogP contribution in [0.2, 0.25) is 0 Å². The molecule has 1 heterocycles. The second-order valence-electron chi connectivity index (χ2n) is 4.90. The number of nitrogens with one attached hydrogen (secondary N) is 2. The van der Waals surface area contributed by atoms with Crippen LogP contribution < -0.4 is 15.4 Å². The van der Waals surface area contributed by atoms with Crippen LogP contribution in [0.3, 0.4) is 0 Å². The largest absolute Gasteiger partial charge is 0.497 e. The van der Waals surface area contributed by atoms with E-state index >= 15 is 0 Å². The van der Waals surface area contributed by atoms with Gasteiger partial charge in [0.15, 0.2) is 4.34 Å². The Hall–Kier alpha value is -1.80. The monoisotopic (exact) mass is 352 g/mol. The van der Waals surface area contributed by atoms with Gasteiger partial charge in [0.2, 0.25) is 11.0 Å². The Kier molecular flexibility index (Phi) is 6.66. The Labute approximate surface area is 144 Å². The van der Waals surface area contributed by atoms with Crippen LogP contribution in [0.15, 0.2) is 28.6 Å². The van der Waals surface area contributed by atoms with Crippen LogP contribution in [0.5, 0.6) is 5.75 Å². The summed E-state index contributed by atoms with van der Waals surface area (Å²) in [4.78, 5) is 11.7. The highest BCUT2D eigenvalue weighted by Crippen LogP contribution is 2.28. The van der Waals surface area contributed by atoms with Crippen molar-refractivity contribution in [3.63, 3.8) is 0 Å². The summed E-state index contributed by atoms with van der Waals surface area (Å²) >= 11 is 2.80. The van der Waals surface area contributed by atoms with Crippen molar-refractivity contribution in [3.05, 3.63) is 24.3 Å². The summed E-state index contributed by atoms with van der Waals surface area (Å²) in [7, 11) is 1.63. The lowest BCUT2D eigenvalue weighted by Gasteiger charge is -2.09. The van der Waals surface area contributed by atoms with Gasteiger partial charge in [-0.05, 0) is 25.5 Å². The molecule has 0 aliphatic rings. The third kappa shape index (κ3) is 5.72. The van der Waals surface area contributed by atoms with Crippen molar-refractivity contribution in [3.8, 4) is 5.75 Å². The van der Waals surface area contributed by atoms with Gasteiger partial charge >= 0.3 is 0 Å².